The maximum Gasteiger partial charge on any atom is 0.292 e. The highest BCUT2D eigenvalue weighted by Gasteiger charge is 2.12. The predicted molar refractivity (Wildman–Crippen MR) is 74.0 cm³/mol. The number of benzene rings is 1. The number of nitro benzene ring substituents is 1. The number of nitrogens with two attached hydrogens (primary N) is 1. The van der Waals surface area contributed by atoms with Gasteiger partial charge in [0.05, 0.1) is 22.6 Å². The molecule has 0 atom stereocenters. The van der Waals surface area contributed by atoms with Crippen LogP contribution in [0.15, 0.2) is 41.3 Å². The Bertz CT molecular complexity index is 783. The van der Waals surface area contributed by atoms with Crippen molar-refractivity contribution in [3.63, 3.8) is 0 Å². The molecule has 0 saturated carbocycles. The van der Waals surface area contributed by atoms with E-state index in [1.54, 1.807) is 0 Å². The zero-order chi connectivity index (χ0) is 15.6. The third-order valence-electron chi connectivity index (χ3n) is 2.82. The van der Waals surface area contributed by atoms with Crippen LogP contribution in [0.3, 0.4) is 0 Å². The number of pyridine rings is 1. The lowest BCUT2D eigenvalue weighted by Gasteiger charge is -2.06. The summed E-state index contributed by atoms with van der Waals surface area (Å²) in [6, 6.07) is 6.24. The van der Waals surface area contributed by atoms with Gasteiger partial charge in [0, 0.05) is 18.2 Å². The number of nitrogen functional groups attached to an aromatic ring is 1. The highest BCUT2D eigenvalue weighted by molar-refractivity contribution is 5.59. The van der Waals surface area contributed by atoms with Gasteiger partial charge in [0.1, 0.15) is 5.69 Å². The molecule has 2 N–H and O–H groups in total. The van der Waals surface area contributed by atoms with Gasteiger partial charge >= 0.3 is 0 Å². The predicted octanol–water partition coefficient (Wildman–Crippen LogP) is 1.30. The molecule has 1 aromatic heterocycles. The Morgan fingerprint density at radius 1 is 1.10 bits per heavy atom. The minimum Gasteiger partial charge on any atom is -0.393 e. The highest BCUT2D eigenvalue weighted by atomic mass is 16.6. The molecule has 9 heteroatoms. The normalized spacial score (nSPS) is 10.3. The standard InChI is InChI=1S/C12H10N4O5/c13-10-5-8(1-3-11(10)16(20)21)6-14-7-9(15(18)19)2-4-12(14)17/h1-5,7H,6,13H2. The maximum absolute atomic E-state index is 11.7. The van der Waals surface area contributed by atoms with Gasteiger partial charge in [-0.05, 0) is 11.6 Å². The lowest BCUT2D eigenvalue weighted by molar-refractivity contribution is -0.385. The van der Waals surface area contributed by atoms with Crippen LogP contribution >= 0.6 is 0 Å². The van der Waals surface area contributed by atoms with Crippen molar-refractivity contribution in [2.75, 3.05) is 5.73 Å². The third kappa shape index (κ3) is 3.03. The first-order valence-corrected chi connectivity index (χ1v) is 5.76. The molecule has 9 nitrogen and oxygen atoms in total. The third-order valence-corrected chi connectivity index (χ3v) is 2.82. The summed E-state index contributed by atoms with van der Waals surface area (Å²) in [6.07, 6.45) is 1.11. The van der Waals surface area contributed by atoms with E-state index < -0.39 is 15.4 Å². The molecular formula is C12H10N4O5. The van der Waals surface area contributed by atoms with Crippen LogP contribution in [0.1, 0.15) is 5.56 Å². The van der Waals surface area contributed by atoms with Crippen molar-refractivity contribution >= 4 is 17.1 Å². The van der Waals surface area contributed by atoms with E-state index >= 15 is 0 Å². The summed E-state index contributed by atoms with van der Waals surface area (Å²) in [7, 11) is 0. The van der Waals surface area contributed by atoms with Gasteiger partial charge in [0.15, 0.2) is 0 Å². The van der Waals surface area contributed by atoms with Gasteiger partial charge in [-0.1, -0.05) is 6.07 Å². The van der Waals surface area contributed by atoms with Gasteiger partial charge in [-0.25, -0.2) is 0 Å². The lowest BCUT2D eigenvalue weighted by atomic mass is 10.1. The minimum absolute atomic E-state index is 0.0305. The van der Waals surface area contributed by atoms with Crippen LogP contribution in [0.5, 0.6) is 0 Å². The number of nitrogens with zero attached hydrogens (tertiary/aromatic N) is 3. The number of rotatable bonds is 4. The molecule has 0 unspecified atom stereocenters. The van der Waals surface area contributed by atoms with E-state index in [1.165, 1.54) is 18.2 Å². The first-order chi connectivity index (χ1) is 9.88. The summed E-state index contributed by atoms with van der Waals surface area (Å²) in [5.41, 5.74) is 5.18. The molecule has 2 aromatic rings. The van der Waals surface area contributed by atoms with Crippen LogP contribution in [0.25, 0.3) is 0 Å². The number of hydrogen-bond acceptors (Lipinski definition) is 6. The van der Waals surface area contributed by atoms with Crippen molar-refractivity contribution < 1.29 is 9.85 Å². The lowest BCUT2D eigenvalue weighted by Crippen LogP contribution is -2.19. The molecule has 0 fully saturated rings. The van der Waals surface area contributed by atoms with E-state index in [0.29, 0.717) is 5.56 Å². The summed E-state index contributed by atoms with van der Waals surface area (Å²) >= 11 is 0. The van der Waals surface area contributed by atoms with Gasteiger partial charge in [0.2, 0.25) is 0 Å². The highest BCUT2D eigenvalue weighted by Crippen LogP contribution is 2.22. The molecule has 0 aliphatic rings. The fourth-order valence-corrected chi connectivity index (χ4v) is 1.82. The molecule has 1 heterocycles. The molecule has 1 aromatic carbocycles. The van der Waals surface area contributed by atoms with Crippen molar-refractivity contribution in [1.29, 1.82) is 0 Å². The van der Waals surface area contributed by atoms with Crippen molar-refractivity contribution in [1.82, 2.24) is 4.57 Å². The van der Waals surface area contributed by atoms with Crippen molar-refractivity contribution in [3.05, 3.63) is 72.7 Å². The Kier molecular flexibility index (Phi) is 3.65. The van der Waals surface area contributed by atoms with Gasteiger partial charge in [0.25, 0.3) is 16.9 Å². The first-order valence-electron chi connectivity index (χ1n) is 5.76. The largest absolute Gasteiger partial charge is 0.393 e. The van der Waals surface area contributed by atoms with E-state index in [1.807, 2.05) is 0 Å². The molecular weight excluding hydrogens is 280 g/mol. The van der Waals surface area contributed by atoms with Crippen molar-refractivity contribution in [3.8, 4) is 0 Å². The Morgan fingerprint density at radius 2 is 1.81 bits per heavy atom. The maximum atomic E-state index is 11.7. The summed E-state index contributed by atoms with van der Waals surface area (Å²) < 4.78 is 1.14. The Morgan fingerprint density at radius 3 is 2.38 bits per heavy atom. The van der Waals surface area contributed by atoms with E-state index in [-0.39, 0.29) is 23.6 Å². The van der Waals surface area contributed by atoms with Crippen LogP contribution in [0.2, 0.25) is 0 Å². The Labute approximate surface area is 117 Å². The van der Waals surface area contributed by atoms with E-state index in [9.17, 15) is 25.0 Å². The topological polar surface area (TPSA) is 134 Å². The number of anilines is 1. The number of aromatic nitrogens is 1. The second-order valence-electron chi connectivity index (χ2n) is 4.26. The van der Waals surface area contributed by atoms with Crippen LogP contribution in [0, 0.1) is 20.2 Å². The summed E-state index contributed by atoms with van der Waals surface area (Å²) in [4.78, 5) is 31.8. The van der Waals surface area contributed by atoms with Crippen LogP contribution in [0.4, 0.5) is 17.1 Å². The van der Waals surface area contributed by atoms with Crippen LogP contribution in [-0.2, 0) is 6.54 Å². The zero-order valence-electron chi connectivity index (χ0n) is 10.6. The number of hydrogen-bond donors (Lipinski definition) is 1. The van der Waals surface area contributed by atoms with Crippen LogP contribution in [-0.4, -0.2) is 14.4 Å². The Hall–Kier alpha value is -3.23. The SMILES string of the molecule is Nc1cc(Cn2cc([N+](=O)[O-])ccc2=O)ccc1[N+](=O)[O-]. The fraction of sp³-hybridized carbons (Fsp3) is 0.0833. The van der Waals surface area contributed by atoms with Crippen molar-refractivity contribution in [2.24, 2.45) is 0 Å². The Balaban J connectivity index is 2.36. The second kappa shape index (κ2) is 5.41. The summed E-state index contributed by atoms with van der Waals surface area (Å²) in [5.74, 6) is 0. The van der Waals surface area contributed by atoms with E-state index in [0.717, 1.165) is 22.9 Å². The molecule has 0 aliphatic heterocycles. The first kappa shape index (κ1) is 14.2. The fourth-order valence-electron chi connectivity index (χ4n) is 1.82. The van der Waals surface area contributed by atoms with Gasteiger partial charge < -0.3 is 10.3 Å². The van der Waals surface area contributed by atoms with Gasteiger partial charge in [-0.3, -0.25) is 25.0 Å². The molecule has 0 amide bonds. The van der Waals surface area contributed by atoms with Crippen LogP contribution < -0.4 is 11.3 Å². The molecule has 0 saturated heterocycles. The molecule has 21 heavy (non-hydrogen) atoms. The van der Waals surface area contributed by atoms with Gasteiger partial charge in [-0.15, -0.1) is 0 Å². The molecule has 0 spiro atoms. The zero-order valence-corrected chi connectivity index (χ0v) is 10.6. The average Bonchev–Trinajstić information content (AvgIpc) is 2.40. The molecule has 0 radical (unpaired) electrons. The monoisotopic (exact) mass is 290 g/mol. The second-order valence-corrected chi connectivity index (χ2v) is 4.26. The van der Waals surface area contributed by atoms with Crippen molar-refractivity contribution in [2.45, 2.75) is 6.54 Å². The minimum atomic E-state index is -0.612. The molecule has 0 bridgehead atoms. The van der Waals surface area contributed by atoms with Gasteiger partial charge in [-0.2, -0.15) is 0 Å². The smallest absolute Gasteiger partial charge is 0.292 e. The molecule has 2 rings (SSSR count). The molecule has 0 aliphatic carbocycles. The summed E-state index contributed by atoms with van der Waals surface area (Å²) in [5, 5.41) is 21.3. The number of nitro groups is 2. The quantitative estimate of drug-likeness (QED) is 0.512. The summed E-state index contributed by atoms with van der Waals surface area (Å²) in [6.45, 7) is 0.0305. The van der Waals surface area contributed by atoms with E-state index in [4.69, 9.17) is 5.73 Å². The van der Waals surface area contributed by atoms with E-state index in [2.05, 4.69) is 0 Å². The average molecular weight is 290 g/mol. The molecule has 108 valence electrons.